The molecule has 1 aliphatic carbocycles. The van der Waals surface area contributed by atoms with Crippen LogP contribution in [-0.2, 0) is 0 Å². The molecule has 0 spiro atoms. The van der Waals surface area contributed by atoms with Crippen molar-refractivity contribution in [3.05, 3.63) is 24.3 Å². The maximum Gasteiger partial charge on any atom is -0.00807 e. The second-order valence-corrected chi connectivity index (χ2v) is 4.39. The van der Waals surface area contributed by atoms with E-state index in [2.05, 4.69) is 45.1 Å². The van der Waals surface area contributed by atoms with Gasteiger partial charge in [-0.2, -0.15) is 0 Å². The summed E-state index contributed by atoms with van der Waals surface area (Å²) in [5, 5.41) is 0. The van der Waals surface area contributed by atoms with Crippen molar-refractivity contribution in [1.82, 2.24) is 0 Å². The summed E-state index contributed by atoms with van der Waals surface area (Å²) in [7, 11) is 0. The molecule has 0 saturated heterocycles. The summed E-state index contributed by atoms with van der Waals surface area (Å²) in [5.41, 5.74) is 0.430. The first kappa shape index (κ1) is 10.6. The van der Waals surface area contributed by atoms with Crippen LogP contribution in [0.2, 0.25) is 0 Å². The molecule has 2 unspecified atom stereocenters. The molecular weight excluding hydrogens is 156 g/mol. The molecule has 0 amide bonds. The highest BCUT2D eigenvalue weighted by atomic mass is 14.3. The minimum Gasteiger partial charge on any atom is -0.0837 e. The Hall–Kier alpha value is -0.520. The lowest BCUT2D eigenvalue weighted by molar-refractivity contribution is 0.230. The number of hydrogen-bond donors (Lipinski definition) is 0. The zero-order valence-electron chi connectivity index (χ0n) is 9.22. The zero-order chi connectivity index (χ0) is 9.73. The van der Waals surface area contributed by atoms with Crippen molar-refractivity contribution in [1.29, 1.82) is 0 Å². The van der Waals surface area contributed by atoms with Crippen LogP contribution < -0.4 is 0 Å². The molecule has 0 heterocycles. The largest absolute Gasteiger partial charge is 0.0837 e. The Kier molecular flexibility index (Phi) is 3.77. The van der Waals surface area contributed by atoms with E-state index < -0.39 is 0 Å². The molecule has 0 saturated carbocycles. The zero-order valence-corrected chi connectivity index (χ0v) is 9.22. The Bertz CT molecular complexity index is 200. The summed E-state index contributed by atoms with van der Waals surface area (Å²) in [5.74, 6) is 0.860. The second-order valence-electron chi connectivity index (χ2n) is 4.39. The van der Waals surface area contributed by atoms with Crippen LogP contribution in [0.3, 0.4) is 0 Å². The van der Waals surface area contributed by atoms with Crippen molar-refractivity contribution in [3.63, 3.8) is 0 Å². The lowest BCUT2D eigenvalue weighted by atomic mass is 9.70. The Labute approximate surface area is 82.7 Å². The van der Waals surface area contributed by atoms with Crippen molar-refractivity contribution in [2.45, 2.75) is 46.5 Å². The summed E-state index contributed by atoms with van der Waals surface area (Å²) >= 11 is 0. The van der Waals surface area contributed by atoms with E-state index in [4.69, 9.17) is 0 Å². The van der Waals surface area contributed by atoms with E-state index in [1.54, 1.807) is 0 Å². The minimum atomic E-state index is 0.430. The summed E-state index contributed by atoms with van der Waals surface area (Å²) in [6, 6.07) is 0. The molecule has 2 atom stereocenters. The van der Waals surface area contributed by atoms with Crippen LogP contribution in [0.15, 0.2) is 24.3 Å². The van der Waals surface area contributed by atoms with Gasteiger partial charge in [0.15, 0.2) is 0 Å². The van der Waals surface area contributed by atoms with E-state index in [0.717, 1.165) is 5.92 Å². The summed E-state index contributed by atoms with van der Waals surface area (Å²) in [6.07, 6.45) is 14.3. The molecule has 0 radical (unpaired) electrons. The third-order valence-corrected chi connectivity index (χ3v) is 3.34. The van der Waals surface area contributed by atoms with Gasteiger partial charge in [0.2, 0.25) is 0 Å². The van der Waals surface area contributed by atoms with Crippen LogP contribution >= 0.6 is 0 Å². The molecule has 0 aromatic rings. The van der Waals surface area contributed by atoms with Gasteiger partial charge < -0.3 is 0 Å². The maximum absolute atomic E-state index is 2.40. The van der Waals surface area contributed by atoms with Gasteiger partial charge in [-0.3, -0.25) is 0 Å². The SMILES string of the molecule is CCCC(CC)C1(C)C=CC=CC1. The van der Waals surface area contributed by atoms with E-state index in [-0.39, 0.29) is 0 Å². The fourth-order valence-electron chi connectivity index (χ4n) is 2.40. The molecule has 0 heteroatoms. The van der Waals surface area contributed by atoms with Gasteiger partial charge in [0.05, 0.1) is 0 Å². The number of hydrogen-bond acceptors (Lipinski definition) is 0. The second kappa shape index (κ2) is 4.64. The monoisotopic (exact) mass is 178 g/mol. The van der Waals surface area contributed by atoms with Gasteiger partial charge in [0, 0.05) is 0 Å². The summed E-state index contributed by atoms with van der Waals surface area (Å²) in [6.45, 7) is 7.00. The van der Waals surface area contributed by atoms with Crippen LogP contribution in [0, 0.1) is 11.3 Å². The molecule has 1 aliphatic rings. The minimum absolute atomic E-state index is 0.430. The highest BCUT2D eigenvalue weighted by molar-refractivity contribution is 5.16. The first-order valence-corrected chi connectivity index (χ1v) is 5.57. The number of allylic oxidation sites excluding steroid dienone is 4. The molecule has 0 nitrogen and oxygen atoms in total. The average Bonchev–Trinajstić information content (AvgIpc) is 2.15. The van der Waals surface area contributed by atoms with Gasteiger partial charge in [-0.1, -0.05) is 57.9 Å². The summed E-state index contributed by atoms with van der Waals surface area (Å²) < 4.78 is 0. The van der Waals surface area contributed by atoms with E-state index in [1.165, 1.54) is 25.7 Å². The van der Waals surface area contributed by atoms with E-state index in [1.807, 2.05) is 0 Å². The Morgan fingerprint density at radius 2 is 2.08 bits per heavy atom. The van der Waals surface area contributed by atoms with Crippen molar-refractivity contribution in [3.8, 4) is 0 Å². The third-order valence-electron chi connectivity index (χ3n) is 3.34. The van der Waals surface area contributed by atoms with Crippen molar-refractivity contribution >= 4 is 0 Å². The topological polar surface area (TPSA) is 0 Å². The normalized spacial score (nSPS) is 29.2. The van der Waals surface area contributed by atoms with Gasteiger partial charge in [0.1, 0.15) is 0 Å². The van der Waals surface area contributed by atoms with Gasteiger partial charge in [-0.25, -0.2) is 0 Å². The molecule has 0 aliphatic heterocycles. The molecule has 0 bridgehead atoms. The molecule has 13 heavy (non-hydrogen) atoms. The molecule has 1 rings (SSSR count). The maximum atomic E-state index is 2.40. The van der Waals surface area contributed by atoms with Gasteiger partial charge >= 0.3 is 0 Å². The molecule has 0 N–H and O–H groups in total. The highest BCUT2D eigenvalue weighted by Gasteiger charge is 2.29. The smallest absolute Gasteiger partial charge is 0.00807 e. The fraction of sp³-hybridized carbons (Fsp3) is 0.692. The average molecular weight is 178 g/mol. The van der Waals surface area contributed by atoms with Crippen molar-refractivity contribution in [2.24, 2.45) is 11.3 Å². The molecule has 0 aromatic carbocycles. The molecule has 0 fully saturated rings. The fourth-order valence-corrected chi connectivity index (χ4v) is 2.40. The molecule has 74 valence electrons. The predicted molar refractivity (Wildman–Crippen MR) is 59.7 cm³/mol. The van der Waals surface area contributed by atoms with Crippen LogP contribution in [0.25, 0.3) is 0 Å². The summed E-state index contributed by atoms with van der Waals surface area (Å²) in [4.78, 5) is 0. The van der Waals surface area contributed by atoms with Crippen molar-refractivity contribution in [2.75, 3.05) is 0 Å². The molecular formula is C13H22. The van der Waals surface area contributed by atoms with Crippen LogP contribution in [-0.4, -0.2) is 0 Å². The Morgan fingerprint density at radius 3 is 2.54 bits per heavy atom. The lowest BCUT2D eigenvalue weighted by Gasteiger charge is -2.35. The van der Waals surface area contributed by atoms with Gasteiger partial charge in [-0.15, -0.1) is 0 Å². The van der Waals surface area contributed by atoms with E-state index >= 15 is 0 Å². The highest BCUT2D eigenvalue weighted by Crippen LogP contribution is 2.39. The Balaban J connectivity index is 2.65. The predicted octanol–water partition coefficient (Wildman–Crippen LogP) is 4.34. The lowest BCUT2D eigenvalue weighted by Crippen LogP contribution is -2.25. The number of rotatable bonds is 4. The van der Waals surface area contributed by atoms with Gasteiger partial charge in [-0.05, 0) is 24.2 Å². The quantitative estimate of drug-likeness (QED) is 0.601. The van der Waals surface area contributed by atoms with Crippen LogP contribution in [0.1, 0.15) is 46.5 Å². The Morgan fingerprint density at radius 1 is 1.31 bits per heavy atom. The first-order chi connectivity index (χ1) is 6.23. The standard InChI is InChI=1S/C13H22/c1-4-9-12(5-2)13(3)10-7-6-8-11-13/h6-8,10,12H,4-5,9,11H2,1-3H3. The third kappa shape index (κ3) is 2.46. The van der Waals surface area contributed by atoms with E-state index in [0.29, 0.717) is 5.41 Å². The van der Waals surface area contributed by atoms with E-state index in [9.17, 15) is 0 Å². The molecule has 0 aromatic heterocycles. The van der Waals surface area contributed by atoms with Gasteiger partial charge in [0.25, 0.3) is 0 Å². The first-order valence-electron chi connectivity index (χ1n) is 5.57. The van der Waals surface area contributed by atoms with Crippen LogP contribution in [0.4, 0.5) is 0 Å². The van der Waals surface area contributed by atoms with Crippen LogP contribution in [0.5, 0.6) is 0 Å². The van der Waals surface area contributed by atoms with Crippen molar-refractivity contribution < 1.29 is 0 Å².